The maximum Gasteiger partial charge on any atom is 0.0368 e. The van der Waals surface area contributed by atoms with Crippen LogP contribution in [0.25, 0.3) is 0 Å². The minimum atomic E-state index is 0.715. The van der Waals surface area contributed by atoms with Crippen molar-refractivity contribution in [1.82, 2.24) is 5.32 Å². The Morgan fingerprint density at radius 1 is 1.15 bits per heavy atom. The van der Waals surface area contributed by atoms with Gasteiger partial charge >= 0.3 is 0 Å². The SMILES string of the molecule is CCN(c1ccc(CNCC(C)C)cc1)C1CCCC1. The van der Waals surface area contributed by atoms with Gasteiger partial charge in [0, 0.05) is 24.8 Å². The van der Waals surface area contributed by atoms with Gasteiger partial charge in [0.1, 0.15) is 0 Å². The number of benzene rings is 1. The fraction of sp³-hybridized carbons (Fsp3) is 0.667. The van der Waals surface area contributed by atoms with Crippen molar-refractivity contribution in [3.05, 3.63) is 29.8 Å². The Hall–Kier alpha value is -1.02. The molecule has 0 unspecified atom stereocenters. The smallest absolute Gasteiger partial charge is 0.0368 e. The number of hydrogen-bond acceptors (Lipinski definition) is 2. The van der Waals surface area contributed by atoms with Crippen LogP contribution in [0.2, 0.25) is 0 Å². The predicted molar refractivity (Wildman–Crippen MR) is 88.3 cm³/mol. The van der Waals surface area contributed by atoms with E-state index in [0.29, 0.717) is 5.92 Å². The molecule has 0 saturated heterocycles. The molecule has 0 amide bonds. The molecule has 1 aromatic rings. The van der Waals surface area contributed by atoms with E-state index in [0.717, 1.165) is 25.7 Å². The van der Waals surface area contributed by atoms with Crippen LogP contribution in [0.15, 0.2) is 24.3 Å². The van der Waals surface area contributed by atoms with E-state index in [4.69, 9.17) is 0 Å². The second-order valence-corrected chi connectivity index (χ2v) is 6.42. The predicted octanol–water partition coefficient (Wildman–Crippen LogP) is 4.20. The van der Waals surface area contributed by atoms with Gasteiger partial charge in [0.05, 0.1) is 0 Å². The van der Waals surface area contributed by atoms with Gasteiger partial charge < -0.3 is 10.2 Å². The molecule has 2 rings (SSSR count). The Balaban J connectivity index is 1.92. The molecular formula is C18H30N2. The molecule has 1 aliphatic carbocycles. The third-order valence-electron chi connectivity index (χ3n) is 4.26. The summed E-state index contributed by atoms with van der Waals surface area (Å²) in [5, 5.41) is 3.51. The average molecular weight is 274 g/mol. The molecule has 0 heterocycles. The Bertz CT molecular complexity index is 377. The van der Waals surface area contributed by atoms with Crippen LogP contribution in [0.3, 0.4) is 0 Å². The zero-order valence-electron chi connectivity index (χ0n) is 13.4. The lowest BCUT2D eigenvalue weighted by molar-refractivity contribution is 0.552. The summed E-state index contributed by atoms with van der Waals surface area (Å²) in [5.41, 5.74) is 2.78. The van der Waals surface area contributed by atoms with E-state index in [2.05, 4.69) is 55.3 Å². The monoisotopic (exact) mass is 274 g/mol. The molecule has 1 aliphatic rings. The normalized spacial score (nSPS) is 16.0. The summed E-state index contributed by atoms with van der Waals surface area (Å²) < 4.78 is 0. The Kier molecular flexibility index (Phi) is 5.90. The van der Waals surface area contributed by atoms with E-state index in [1.807, 2.05) is 0 Å². The molecule has 0 aliphatic heterocycles. The van der Waals surface area contributed by atoms with E-state index < -0.39 is 0 Å². The van der Waals surface area contributed by atoms with E-state index >= 15 is 0 Å². The summed E-state index contributed by atoms with van der Waals surface area (Å²) in [4.78, 5) is 2.58. The largest absolute Gasteiger partial charge is 0.369 e. The average Bonchev–Trinajstić information content (AvgIpc) is 2.95. The highest BCUT2D eigenvalue weighted by atomic mass is 15.2. The zero-order chi connectivity index (χ0) is 14.4. The van der Waals surface area contributed by atoms with Crippen LogP contribution in [0, 0.1) is 5.92 Å². The molecule has 1 N–H and O–H groups in total. The van der Waals surface area contributed by atoms with Gasteiger partial charge in [-0.3, -0.25) is 0 Å². The summed E-state index contributed by atoms with van der Waals surface area (Å²) >= 11 is 0. The van der Waals surface area contributed by atoms with Crippen LogP contribution in [0.1, 0.15) is 52.0 Å². The number of hydrogen-bond donors (Lipinski definition) is 1. The van der Waals surface area contributed by atoms with Crippen LogP contribution in [0.4, 0.5) is 5.69 Å². The van der Waals surface area contributed by atoms with Gasteiger partial charge in [-0.05, 0) is 49.9 Å². The Morgan fingerprint density at radius 3 is 2.35 bits per heavy atom. The quantitative estimate of drug-likeness (QED) is 0.801. The Morgan fingerprint density at radius 2 is 1.80 bits per heavy atom. The minimum Gasteiger partial charge on any atom is -0.369 e. The van der Waals surface area contributed by atoms with E-state index in [1.165, 1.54) is 36.9 Å². The number of nitrogens with zero attached hydrogens (tertiary/aromatic N) is 1. The van der Waals surface area contributed by atoms with E-state index in [9.17, 15) is 0 Å². The van der Waals surface area contributed by atoms with Crippen molar-refractivity contribution >= 4 is 5.69 Å². The van der Waals surface area contributed by atoms with Crippen LogP contribution in [-0.4, -0.2) is 19.1 Å². The van der Waals surface area contributed by atoms with Crippen molar-refractivity contribution < 1.29 is 0 Å². The summed E-state index contributed by atoms with van der Waals surface area (Å²) in [5.74, 6) is 0.715. The maximum atomic E-state index is 3.51. The van der Waals surface area contributed by atoms with E-state index in [1.54, 1.807) is 0 Å². The second-order valence-electron chi connectivity index (χ2n) is 6.42. The molecule has 1 saturated carbocycles. The lowest BCUT2D eigenvalue weighted by Gasteiger charge is -2.30. The first-order valence-electron chi connectivity index (χ1n) is 8.27. The van der Waals surface area contributed by atoms with Crippen LogP contribution in [-0.2, 0) is 6.54 Å². The number of anilines is 1. The number of nitrogens with one attached hydrogen (secondary N) is 1. The first-order chi connectivity index (χ1) is 9.70. The highest BCUT2D eigenvalue weighted by Crippen LogP contribution is 2.28. The van der Waals surface area contributed by atoms with Crippen LogP contribution < -0.4 is 10.2 Å². The molecule has 2 nitrogen and oxygen atoms in total. The first-order valence-corrected chi connectivity index (χ1v) is 8.27. The summed E-state index contributed by atoms with van der Waals surface area (Å²) in [7, 11) is 0. The molecule has 2 heteroatoms. The lowest BCUT2D eigenvalue weighted by Crippen LogP contribution is -2.32. The van der Waals surface area contributed by atoms with Crippen molar-refractivity contribution in [3.63, 3.8) is 0 Å². The third-order valence-corrected chi connectivity index (χ3v) is 4.26. The van der Waals surface area contributed by atoms with Gasteiger partial charge in [0.2, 0.25) is 0 Å². The summed E-state index contributed by atoms with van der Waals surface area (Å²) in [6, 6.07) is 9.92. The van der Waals surface area contributed by atoms with Gasteiger partial charge in [-0.2, -0.15) is 0 Å². The molecule has 1 fully saturated rings. The number of rotatable bonds is 7. The molecule has 1 aromatic carbocycles. The van der Waals surface area contributed by atoms with Gasteiger partial charge in [-0.1, -0.05) is 38.8 Å². The maximum absolute atomic E-state index is 3.51. The molecule has 112 valence electrons. The standard InChI is InChI=1S/C18H30N2/c1-4-20(17-7-5-6-8-17)18-11-9-16(10-12-18)14-19-13-15(2)3/h9-12,15,17,19H,4-8,13-14H2,1-3H3. The fourth-order valence-electron chi connectivity index (χ4n) is 3.18. The van der Waals surface area contributed by atoms with Crippen molar-refractivity contribution in [2.75, 3.05) is 18.0 Å². The van der Waals surface area contributed by atoms with Crippen LogP contribution in [0.5, 0.6) is 0 Å². The van der Waals surface area contributed by atoms with Crippen molar-refractivity contribution in [1.29, 1.82) is 0 Å². The van der Waals surface area contributed by atoms with Crippen molar-refractivity contribution in [2.45, 2.75) is 59.0 Å². The van der Waals surface area contributed by atoms with Gasteiger partial charge in [0.15, 0.2) is 0 Å². The fourth-order valence-corrected chi connectivity index (χ4v) is 3.18. The zero-order valence-corrected chi connectivity index (χ0v) is 13.4. The molecular weight excluding hydrogens is 244 g/mol. The van der Waals surface area contributed by atoms with Gasteiger partial charge in [-0.25, -0.2) is 0 Å². The second kappa shape index (κ2) is 7.68. The van der Waals surface area contributed by atoms with E-state index in [-0.39, 0.29) is 0 Å². The summed E-state index contributed by atoms with van der Waals surface area (Å²) in [6.07, 6.45) is 5.54. The highest BCUT2D eigenvalue weighted by molar-refractivity contribution is 5.48. The van der Waals surface area contributed by atoms with Gasteiger partial charge in [-0.15, -0.1) is 0 Å². The van der Waals surface area contributed by atoms with Gasteiger partial charge in [0.25, 0.3) is 0 Å². The molecule has 0 spiro atoms. The molecule has 20 heavy (non-hydrogen) atoms. The minimum absolute atomic E-state index is 0.715. The molecule has 0 radical (unpaired) electrons. The van der Waals surface area contributed by atoms with Crippen LogP contribution >= 0.6 is 0 Å². The van der Waals surface area contributed by atoms with Crippen molar-refractivity contribution in [3.8, 4) is 0 Å². The molecule has 0 bridgehead atoms. The lowest BCUT2D eigenvalue weighted by atomic mass is 10.1. The topological polar surface area (TPSA) is 15.3 Å². The first kappa shape index (κ1) is 15.4. The summed E-state index contributed by atoms with van der Waals surface area (Å²) in [6.45, 7) is 9.96. The molecule has 0 aromatic heterocycles. The highest BCUT2D eigenvalue weighted by Gasteiger charge is 2.21. The third kappa shape index (κ3) is 4.24. The molecule has 0 atom stereocenters. The Labute approximate surface area is 124 Å². The van der Waals surface area contributed by atoms with Crippen molar-refractivity contribution in [2.24, 2.45) is 5.92 Å².